The first kappa shape index (κ1) is 18.9. The van der Waals surface area contributed by atoms with Crippen LogP contribution in [0.3, 0.4) is 0 Å². The van der Waals surface area contributed by atoms with Crippen molar-refractivity contribution in [2.45, 2.75) is 39.7 Å². The number of aromatic carboxylic acids is 1. The number of nitrogens with zero attached hydrogens (tertiary/aromatic N) is 2. The van der Waals surface area contributed by atoms with Gasteiger partial charge in [-0.25, -0.2) is 15.4 Å². The molecule has 0 amide bonds. The largest absolute Gasteiger partial charge is 0.478 e. The van der Waals surface area contributed by atoms with Gasteiger partial charge in [0.05, 0.1) is 34.6 Å². The number of hydrogen-bond donors (Lipinski definition) is 2. The van der Waals surface area contributed by atoms with Gasteiger partial charge in [0.25, 0.3) is 0 Å². The van der Waals surface area contributed by atoms with Gasteiger partial charge in [0, 0.05) is 10.4 Å². The van der Waals surface area contributed by atoms with E-state index in [-0.39, 0.29) is 12.0 Å². The number of benzene rings is 1. The number of aromatic nitrogens is 2. The molecule has 1 aliphatic rings. The Morgan fingerprint density at radius 2 is 2.11 bits per heavy atom. The third-order valence-electron chi connectivity index (χ3n) is 5.29. The predicted octanol–water partition coefficient (Wildman–Crippen LogP) is 4.20. The highest BCUT2D eigenvalue weighted by molar-refractivity contribution is 7.16. The van der Waals surface area contributed by atoms with E-state index in [1.54, 1.807) is 22.2 Å². The predicted molar refractivity (Wildman–Crippen MR) is 109 cm³/mol. The van der Waals surface area contributed by atoms with Crippen LogP contribution in [-0.4, -0.2) is 20.9 Å². The molecule has 0 atom stereocenters. The summed E-state index contributed by atoms with van der Waals surface area (Å²) in [5, 5.41) is 14.6. The van der Waals surface area contributed by atoms with Gasteiger partial charge in [-0.3, -0.25) is 4.84 Å². The zero-order valence-corrected chi connectivity index (χ0v) is 16.8. The summed E-state index contributed by atoms with van der Waals surface area (Å²) in [6.07, 6.45) is 4.41. The summed E-state index contributed by atoms with van der Waals surface area (Å²) < 4.78 is 1.78. The molecule has 0 saturated heterocycles. The molecule has 2 aromatic heterocycles. The molecule has 0 fully saturated rings. The molecule has 3 N–H and O–H groups in total. The molecule has 0 radical (unpaired) electrons. The molecule has 3 aromatic rings. The molecule has 0 spiro atoms. The molecule has 0 saturated carbocycles. The molecule has 0 aliphatic heterocycles. The number of fused-ring (bicyclic) bond motifs is 1. The van der Waals surface area contributed by atoms with Crippen LogP contribution >= 0.6 is 11.3 Å². The topological polar surface area (TPSA) is 90.4 Å². The van der Waals surface area contributed by atoms with E-state index >= 15 is 0 Å². The molecule has 1 aliphatic carbocycles. The Morgan fingerprint density at radius 1 is 1.36 bits per heavy atom. The minimum atomic E-state index is -0.898. The Morgan fingerprint density at radius 3 is 2.79 bits per heavy atom. The highest BCUT2D eigenvalue weighted by atomic mass is 32.1. The fourth-order valence-corrected chi connectivity index (χ4v) is 5.27. The SMILES string of the molecule is CC1(C)CCc2sc(-c3c(CON)cnn3-c3ccccc3)c(C(=O)O)c2C1. The van der Waals surface area contributed by atoms with Crippen LogP contribution in [0.15, 0.2) is 36.5 Å². The van der Waals surface area contributed by atoms with Crippen LogP contribution in [0, 0.1) is 5.41 Å². The number of hydrogen-bond acceptors (Lipinski definition) is 5. The number of thiophene rings is 1. The summed E-state index contributed by atoms with van der Waals surface area (Å²) in [5.74, 6) is 4.44. The van der Waals surface area contributed by atoms with Crippen LogP contribution in [0.5, 0.6) is 0 Å². The first-order valence-corrected chi connectivity index (χ1v) is 10.0. The van der Waals surface area contributed by atoms with Crippen molar-refractivity contribution in [2.24, 2.45) is 11.3 Å². The van der Waals surface area contributed by atoms with Crippen LogP contribution in [-0.2, 0) is 24.3 Å². The van der Waals surface area contributed by atoms with Gasteiger partial charge < -0.3 is 5.11 Å². The van der Waals surface area contributed by atoms with Crippen LogP contribution in [0.25, 0.3) is 16.3 Å². The molecule has 146 valence electrons. The van der Waals surface area contributed by atoms with Crippen LogP contribution in [0.1, 0.15) is 46.6 Å². The number of nitrogens with two attached hydrogens (primary N) is 1. The highest BCUT2D eigenvalue weighted by Crippen LogP contribution is 2.46. The fraction of sp³-hybridized carbons (Fsp3) is 0.333. The smallest absolute Gasteiger partial charge is 0.337 e. The van der Waals surface area contributed by atoms with Gasteiger partial charge in [0.1, 0.15) is 0 Å². The Bertz CT molecular complexity index is 1020. The molecule has 2 heterocycles. The van der Waals surface area contributed by atoms with Crippen molar-refractivity contribution < 1.29 is 14.7 Å². The average molecular weight is 398 g/mol. The second-order valence-corrected chi connectivity index (χ2v) is 9.04. The van der Waals surface area contributed by atoms with E-state index in [2.05, 4.69) is 18.9 Å². The van der Waals surface area contributed by atoms with E-state index in [1.165, 1.54) is 0 Å². The van der Waals surface area contributed by atoms with Crippen molar-refractivity contribution in [1.29, 1.82) is 0 Å². The Labute approximate surface area is 167 Å². The summed E-state index contributed by atoms with van der Waals surface area (Å²) in [5.41, 5.74) is 3.83. The summed E-state index contributed by atoms with van der Waals surface area (Å²) >= 11 is 1.56. The molecular weight excluding hydrogens is 374 g/mol. The van der Waals surface area contributed by atoms with Crippen molar-refractivity contribution in [3.8, 4) is 16.3 Å². The van der Waals surface area contributed by atoms with Crippen molar-refractivity contribution in [3.63, 3.8) is 0 Å². The third kappa shape index (κ3) is 3.26. The summed E-state index contributed by atoms with van der Waals surface area (Å²) in [7, 11) is 0. The maximum Gasteiger partial charge on any atom is 0.337 e. The average Bonchev–Trinajstić information content (AvgIpc) is 3.22. The standard InChI is InChI=1S/C21H23N3O3S/c1-21(2)9-8-16-15(10-21)17(20(25)26)19(28-16)18-13(12-27-22)11-23-24(18)14-6-4-3-5-7-14/h3-7,11H,8-10,12,22H2,1-2H3,(H,25,26). The molecule has 7 heteroatoms. The second-order valence-electron chi connectivity index (χ2n) is 7.93. The lowest BCUT2D eigenvalue weighted by molar-refractivity contribution is 0.0696. The lowest BCUT2D eigenvalue weighted by atomic mass is 9.76. The molecule has 6 nitrogen and oxygen atoms in total. The zero-order chi connectivity index (χ0) is 19.9. The Balaban J connectivity index is 1.96. The number of aryl methyl sites for hydroxylation is 1. The van der Waals surface area contributed by atoms with Gasteiger partial charge in [-0.1, -0.05) is 32.0 Å². The number of carboxylic acids is 1. The van der Waals surface area contributed by atoms with Crippen molar-refractivity contribution in [3.05, 3.63) is 58.1 Å². The van der Waals surface area contributed by atoms with Gasteiger partial charge in [-0.2, -0.15) is 5.10 Å². The molecule has 0 unspecified atom stereocenters. The third-order valence-corrected chi connectivity index (χ3v) is 6.59. The van der Waals surface area contributed by atoms with Crippen molar-refractivity contribution in [2.75, 3.05) is 0 Å². The van der Waals surface area contributed by atoms with E-state index in [0.29, 0.717) is 5.56 Å². The number of para-hydroxylation sites is 1. The quantitative estimate of drug-likeness (QED) is 0.630. The number of carboxylic acid groups (broad SMARTS) is 1. The summed E-state index contributed by atoms with van der Waals surface area (Å²) in [6.45, 7) is 4.55. The Kier molecular flexibility index (Phi) is 4.82. The van der Waals surface area contributed by atoms with Gasteiger partial charge in [-0.05, 0) is 42.4 Å². The summed E-state index contributed by atoms with van der Waals surface area (Å²) in [4.78, 5) is 19.1. The lowest BCUT2D eigenvalue weighted by Gasteiger charge is -2.29. The molecule has 28 heavy (non-hydrogen) atoms. The molecule has 0 bridgehead atoms. The zero-order valence-electron chi connectivity index (χ0n) is 15.9. The maximum atomic E-state index is 12.3. The first-order chi connectivity index (χ1) is 13.4. The van der Waals surface area contributed by atoms with Crippen molar-refractivity contribution in [1.82, 2.24) is 9.78 Å². The van der Waals surface area contributed by atoms with Crippen molar-refractivity contribution >= 4 is 17.3 Å². The number of rotatable bonds is 5. The van der Waals surface area contributed by atoms with Crippen LogP contribution in [0.2, 0.25) is 0 Å². The maximum absolute atomic E-state index is 12.3. The molecule has 1 aromatic carbocycles. The van der Waals surface area contributed by atoms with Gasteiger partial charge >= 0.3 is 5.97 Å². The minimum absolute atomic E-state index is 0.0957. The molecule has 4 rings (SSSR count). The van der Waals surface area contributed by atoms with E-state index in [0.717, 1.165) is 51.5 Å². The fourth-order valence-electron chi connectivity index (χ4n) is 3.90. The van der Waals surface area contributed by atoms with Gasteiger partial charge in [0.15, 0.2) is 0 Å². The highest BCUT2D eigenvalue weighted by Gasteiger charge is 2.34. The Hall–Kier alpha value is -2.48. The minimum Gasteiger partial charge on any atom is -0.478 e. The normalized spacial score (nSPS) is 15.4. The monoisotopic (exact) mass is 397 g/mol. The molecular formula is C21H23N3O3S. The van der Waals surface area contributed by atoms with E-state index in [1.807, 2.05) is 30.3 Å². The van der Waals surface area contributed by atoms with E-state index in [9.17, 15) is 9.90 Å². The van der Waals surface area contributed by atoms with Crippen LogP contribution < -0.4 is 5.90 Å². The lowest BCUT2D eigenvalue weighted by Crippen LogP contribution is -2.22. The van der Waals surface area contributed by atoms with Gasteiger partial charge in [0.2, 0.25) is 0 Å². The van der Waals surface area contributed by atoms with E-state index < -0.39 is 5.97 Å². The second kappa shape index (κ2) is 7.16. The number of carbonyl (C=O) groups is 1. The van der Waals surface area contributed by atoms with E-state index in [4.69, 9.17) is 10.7 Å². The van der Waals surface area contributed by atoms with Gasteiger partial charge in [-0.15, -0.1) is 11.3 Å². The van der Waals surface area contributed by atoms with Crippen LogP contribution in [0.4, 0.5) is 0 Å². The summed E-state index contributed by atoms with van der Waals surface area (Å²) in [6, 6.07) is 9.69. The first-order valence-electron chi connectivity index (χ1n) is 9.23.